The molecule has 18 heavy (non-hydrogen) atoms. The van der Waals surface area contributed by atoms with Gasteiger partial charge in [-0.1, -0.05) is 50.5 Å². The largest absolute Gasteiger partial charge is 0.387 e. The summed E-state index contributed by atoms with van der Waals surface area (Å²) in [5.41, 5.74) is 2.40. The van der Waals surface area contributed by atoms with Crippen LogP contribution in [0.5, 0.6) is 0 Å². The molecule has 1 rings (SSSR count). The van der Waals surface area contributed by atoms with E-state index in [4.69, 9.17) is 0 Å². The smallest absolute Gasteiger partial charge is 0.0916 e. The maximum absolute atomic E-state index is 9.99. The first-order valence-corrected chi connectivity index (χ1v) is 7.05. The lowest BCUT2D eigenvalue weighted by atomic mass is 10.0. The lowest BCUT2D eigenvalue weighted by Gasteiger charge is -2.16. The Kier molecular flexibility index (Phi) is 6.99. The summed E-state index contributed by atoms with van der Waals surface area (Å²) in [6, 6.07) is 8.42. The predicted molar refractivity (Wildman–Crippen MR) is 77.8 cm³/mol. The summed E-state index contributed by atoms with van der Waals surface area (Å²) in [7, 11) is 3.95. The minimum Gasteiger partial charge on any atom is -0.387 e. The van der Waals surface area contributed by atoms with Gasteiger partial charge >= 0.3 is 0 Å². The maximum atomic E-state index is 9.99. The van der Waals surface area contributed by atoms with Crippen molar-refractivity contribution in [1.29, 1.82) is 0 Å². The van der Waals surface area contributed by atoms with Crippen molar-refractivity contribution in [2.75, 3.05) is 20.6 Å². The Morgan fingerprint density at radius 1 is 1.06 bits per heavy atom. The summed E-state index contributed by atoms with van der Waals surface area (Å²) in [4.78, 5) is 2.00. The zero-order chi connectivity index (χ0) is 13.4. The van der Waals surface area contributed by atoms with Gasteiger partial charge < -0.3 is 10.0 Å². The number of hydrogen-bond acceptors (Lipinski definition) is 2. The summed E-state index contributed by atoms with van der Waals surface area (Å²) >= 11 is 0. The Morgan fingerprint density at radius 2 is 1.72 bits per heavy atom. The van der Waals surface area contributed by atoms with Gasteiger partial charge in [-0.3, -0.25) is 0 Å². The highest BCUT2D eigenvalue weighted by atomic mass is 16.3. The summed E-state index contributed by atoms with van der Waals surface area (Å²) in [5.74, 6) is 0. The van der Waals surface area contributed by atoms with Crippen molar-refractivity contribution < 1.29 is 5.11 Å². The quantitative estimate of drug-likeness (QED) is 0.714. The molecule has 1 atom stereocenters. The summed E-state index contributed by atoms with van der Waals surface area (Å²) < 4.78 is 0. The zero-order valence-electron chi connectivity index (χ0n) is 12.0. The van der Waals surface area contributed by atoms with Crippen LogP contribution in [0, 0.1) is 0 Å². The van der Waals surface area contributed by atoms with E-state index >= 15 is 0 Å². The molecular formula is C16H27NO. The number of benzene rings is 1. The van der Waals surface area contributed by atoms with Crippen LogP contribution in [0.3, 0.4) is 0 Å². The number of nitrogens with zero attached hydrogens (tertiary/aromatic N) is 1. The van der Waals surface area contributed by atoms with E-state index in [1.165, 1.54) is 31.2 Å². The van der Waals surface area contributed by atoms with Crippen molar-refractivity contribution in [1.82, 2.24) is 4.90 Å². The Hall–Kier alpha value is -0.860. The van der Waals surface area contributed by atoms with Gasteiger partial charge in [-0.15, -0.1) is 0 Å². The third kappa shape index (κ3) is 5.65. The van der Waals surface area contributed by atoms with Crippen molar-refractivity contribution in [2.45, 2.75) is 45.1 Å². The van der Waals surface area contributed by atoms with Gasteiger partial charge in [0, 0.05) is 6.54 Å². The first-order valence-electron chi connectivity index (χ1n) is 7.05. The highest BCUT2D eigenvalue weighted by Crippen LogP contribution is 2.16. The Balaban J connectivity index is 2.42. The van der Waals surface area contributed by atoms with Crippen LogP contribution >= 0.6 is 0 Å². The first-order chi connectivity index (χ1) is 8.63. The van der Waals surface area contributed by atoms with Gasteiger partial charge in [-0.2, -0.15) is 0 Å². The number of aliphatic hydroxyl groups excluding tert-OH is 1. The molecule has 0 aliphatic rings. The number of hydrogen-bond donors (Lipinski definition) is 1. The minimum atomic E-state index is -0.380. The average molecular weight is 249 g/mol. The summed E-state index contributed by atoms with van der Waals surface area (Å²) in [6.45, 7) is 2.91. The molecule has 0 saturated carbocycles. The second-order valence-electron chi connectivity index (χ2n) is 5.33. The van der Waals surface area contributed by atoms with Gasteiger partial charge in [0.15, 0.2) is 0 Å². The molecule has 0 saturated heterocycles. The van der Waals surface area contributed by atoms with Crippen LogP contribution in [0.2, 0.25) is 0 Å². The SMILES string of the molecule is CCCCCCc1ccc(C(O)CN(C)C)cc1. The Bertz CT molecular complexity index is 318. The fraction of sp³-hybridized carbons (Fsp3) is 0.625. The van der Waals surface area contributed by atoms with Gasteiger partial charge in [0.2, 0.25) is 0 Å². The summed E-state index contributed by atoms with van der Waals surface area (Å²) in [6.07, 6.45) is 5.99. The van der Waals surface area contributed by atoms with Crippen LogP contribution in [0.1, 0.15) is 49.8 Å². The molecule has 1 aromatic carbocycles. The molecule has 0 bridgehead atoms. The standard InChI is InChI=1S/C16H27NO/c1-4-5-6-7-8-14-9-11-15(12-10-14)16(18)13-17(2)3/h9-12,16,18H,4-8,13H2,1-3H3. The normalized spacial score (nSPS) is 12.9. The first kappa shape index (κ1) is 15.2. The number of aliphatic hydroxyl groups is 1. The molecule has 2 nitrogen and oxygen atoms in total. The number of likely N-dealkylation sites (N-methyl/N-ethyl adjacent to an activating group) is 1. The Labute approximate surface area is 112 Å². The molecule has 1 N–H and O–H groups in total. The molecular weight excluding hydrogens is 222 g/mol. The van der Waals surface area contributed by atoms with E-state index in [1.54, 1.807) is 0 Å². The van der Waals surface area contributed by atoms with Crippen molar-refractivity contribution in [3.63, 3.8) is 0 Å². The molecule has 1 aromatic rings. The van der Waals surface area contributed by atoms with Crippen LogP contribution < -0.4 is 0 Å². The number of rotatable bonds is 8. The molecule has 0 spiro atoms. The van der Waals surface area contributed by atoms with Crippen molar-refractivity contribution in [3.8, 4) is 0 Å². The van der Waals surface area contributed by atoms with E-state index in [0.717, 1.165) is 12.0 Å². The predicted octanol–water partition coefficient (Wildman–Crippen LogP) is 3.40. The van der Waals surface area contributed by atoms with E-state index < -0.39 is 0 Å². The highest BCUT2D eigenvalue weighted by Gasteiger charge is 2.08. The zero-order valence-corrected chi connectivity index (χ0v) is 12.0. The van der Waals surface area contributed by atoms with Crippen molar-refractivity contribution in [2.24, 2.45) is 0 Å². The maximum Gasteiger partial charge on any atom is 0.0916 e. The van der Waals surface area contributed by atoms with Crippen molar-refractivity contribution >= 4 is 0 Å². The molecule has 102 valence electrons. The van der Waals surface area contributed by atoms with E-state index in [-0.39, 0.29) is 6.10 Å². The molecule has 0 amide bonds. The van der Waals surface area contributed by atoms with E-state index in [2.05, 4.69) is 31.2 Å². The second kappa shape index (κ2) is 8.28. The summed E-state index contributed by atoms with van der Waals surface area (Å²) in [5, 5.41) is 9.99. The lowest BCUT2D eigenvalue weighted by molar-refractivity contribution is 0.138. The molecule has 0 aliphatic carbocycles. The van der Waals surface area contributed by atoms with E-state index in [0.29, 0.717) is 6.54 Å². The monoisotopic (exact) mass is 249 g/mol. The molecule has 0 fully saturated rings. The van der Waals surface area contributed by atoms with Crippen LogP contribution in [0.25, 0.3) is 0 Å². The average Bonchev–Trinajstić information content (AvgIpc) is 2.34. The molecule has 0 heterocycles. The molecule has 0 aliphatic heterocycles. The van der Waals surface area contributed by atoms with Crippen LogP contribution in [0.15, 0.2) is 24.3 Å². The minimum absolute atomic E-state index is 0.380. The third-order valence-electron chi connectivity index (χ3n) is 3.22. The van der Waals surface area contributed by atoms with Gasteiger partial charge in [-0.25, -0.2) is 0 Å². The number of unbranched alkanes of at least 4 members (excludes halogenated alkanes) is 3. The van der Waals surface area contributed by atoms with Gasteiger partial charge in [-0.05, 0) is 38.1 Å². The molecule has 0 aromatic heterocycles. The van der Waals surface area contributed by atoms with Crippen LogP contribution in [-0.2, 0) is 6.42 Å². The number of aryl methyl sites for hydroxylation is 1. The van der Waals surface area contributed by atoms with E-state index in [9.17, 15) is 5.11 Å². The van der Waals surface area contributed by atoms with Crippen LogP contribution in [0.4, 0.5) is 0 Å². The molecule has 1 unspecified atom stereocenters. The fourth-order valence-corrected chi connectivity index (χ4v) is 2.11. The van der Waals surface area contributed by atoms with E-state index in [1.807, 2.05) is 19.0 Å². The van der Waals surface area contributed by atoms with Crippen molar-refractivity contribution in [3.05, 3.63) is 35.4 Å². The second-order valence-corrected chi connectivity index (χ2v) is 5.33. The van der Waals surface area contributed by atoms with Gasteiger partial charge in [0.25, 0.3) is 0 Å². The highest BCUT2D eigenvalue weighted by molar-refractivity contribution is 5.24. The fourth-order valence-electron chi connectivity index (χ4n) is 2.11. The third-order valence-corrected chi connectivity index (χ3v) is 3.22. The van der Waals surface area contributed by atoms with Crippen LogP contribution in [-0.4, -0.2) is 30.6 Å². The lowest BCUT2D eigenvalue weighted by Crippen LogP contribution is -2.19. The Morgan fingerprint density at radius 3 is 2.28 bits per heavy atom. The molecule has 2 heteroatoms. The topological polar surface area (TPSA) is 23.5 Å². The van der Waals surface area contributed by atoms with Gasteiger partial charge in [0.1, 0.15) is 0 Å². The molecule has 0 radical (unpaired) electrons. The van der Waals surface area contributed by atoms with Gasteiger partial charge in [0.05, 0.1) is 6.10 Å².